The van der Waals surface area contributed by atoms with E-state index in [0.29, 0.717) is 29.7 Å². The van der Waals surface area contributed by atoms with E-state index in [4.69, 9.17) is 11.6 Å². The maximum absolute atomic E-state index is 9.92. The Hall–Kier alpha value is -0.560. The van der Waals surface area contributed by atoms with Crippen molar-refractivity contribution in [3.8, 4) is 11.5 Å². The largest absolute Gasteiger partial charge is 0.508 e. The molecule has 0 heterocycles. The lowest BCUT2D eigenvalue weighted by Crippen LogP contribution is -1.85. The van der Waals surface area contributed by atoms with Crippen LogP contribution in [0.4, 0.5) is 5.69 Å². The van der Waals surface area contributed by atoms with Crippen LogP contribution in [0.5, 0.6) is 11.5 Å². The molecule has 0 spiro atoms. The van der Waals surface area contributed by atoms with Crippen molar-refractivity contribution in [2.45, 2.75) is 0 Å². The molecule has 7 heteroatoms. The third kappa shape index (κ3) is 3.55. The summed E-state index contributed by atoms with van der Waals surface area (Å²) in [4.78, 5) is 4.29. The predicted octanol–water partition coefficient (Wildman–Crippen LogP) is 5.79. The van der Waals surface area contributed by atoms with Crippen molar-refractivity contribution < 1.29 is 10.2 Å². The minimum Gasteiger partial charge on any atom is -0.508 e. The molecule has 0 saturated carbocycles. The molecule has 0 fully saturated rings. The summed E-state index contributed by atoms with van der Waals surface area (Å²) < 4.78 is 1.75. The summed E-state index contributed by atoms with van der Waals surface area (Å²) in [5.41, 5.74) is 1.08. The van der Waals surface area contributed by atoms with E-state index in [1.165, 1.54) is 18.3 Å². The summed E-state index contributed by atoms with van der Waals surface area (Å²) in [6.07, 6.45) is 1.49. The SMILES string of the molecule is Oc1cc(Br)c(N=Cc2cc(Cl)cc(Br)c2O)c(Br)c1. The molecule has 20 heavy (non-hydrogen) atoms. The first kappa shape index (κ1) is 15.8. The Morgan fingerprint density at radius 3 is 2.15 bits per heavy atom. The van der Waals surface area contributed by atoms with Gasteiger partial charge in [-0.3, -0.25) is 4.99 Å². The highest BCUT2D eigenvalue weighted by Crippen LogP contribution is 2.37. The van der Waals surface area contributed by atoms with Gasteiger partial charge >= 0.3 is 0 Å². The molecule has 2 rings (SSSR count). The Bertz CT molecular complexity index is 681. The first-order valence-electron chi connectivity index (χ1n) is 5.28. The lowest BCUT2D eigenvalue weighted by Gasteiger charge is -2.05. The van der Waals surface area contributed by atoms with Crippen molar-refractivity contribution in [3.63, 3.8) is 0 Å². The number of phenolic OH excluding ortho intramolecular Hbond substituents is 2. The maximum Gasteiger partial charge on any atom is 0.138 e. The van der Waals surface area contributed by atoms with Gasteiger partial charge in [-0.05, 0) is 72.1 Å². The fourth-order valence-electron chi connectivity index (χ4n) is 1.49. The molecule has 0 aromatic heterocycles. The highest BCUT2D eigenvalue weighted by molar-refractivity contribution is 9.11. The number of benzene rings is 2. The summed E-state index contributed by atoms with van der Waals surface area (Å²) >= 11 is 15.8. The van der Waals surface area contributed by atoms with Crippen LogP contribution in [0.3, 0.4) is 0 Å². The third-order valence-electron chi connectivity index (χ3n) is 2.39. The summed E-state index contributed by atoms with van der Waals surface area (Å²) in [6, 6.07) is 6.27. The first-order valence-corrected chi connectivity index (χ1v) is 8.04. The lowest BCUT2D eigenvalue weighted by atomic mass is 10.2. The molecule has 0 aliphatic carbocycles. The van der Waals surface area contributed by atoms with E-state index in [0.717, 1.165) is 0 Å². The van der Waals surface area contributed by atoms with E-state index in [1.807, 2.05) is 0 Å². The van der Waals surface area contributed by atoms with Crippen LogP contribution in [0.1, 0.15) is 5.56 Å². The highest BCUT2D eigenvalue weighted by atomic mass is 79.9. The van der Waals surface area contributed by atoms with E-state index in [1.54, 1.807) is 12.1 Å². The minimum absolute atomic E-state index is 0.0594. The van der Waals surface area contributed by atoms with Crippen molar-refractivity contribution in [3.05, 3.63) is 48.3 Å². The second-order valence-corrected chi connectivity index (χ2v) is 6.84. The number of hydrogen-bond donors (Lipinski definition) is 2. The zero-order valence-electron chi connectivity index (χ0n) is 9.74. The van der Waals surface area contributed by atoms with Crippen LogP contribution in [-0.2, 0) is 0 Å². The summed E-state index contributed by atoms with van der Waals surface area (Å²) in [5.74, 6) is 0.181. The van der Waals surface area contributed by atoms with Gasteiger partial charge in [0.2, 0.25) is 0 Å². The highest BCUT2D eigenvalue weighted by Gasteiger charge is 2.08. The van der Waals surface area contributed by atoms with Gasteiger partial charge in [0.15, 0.2) is 0 Å². The third-order valence-corrected chi connectivity index (χ3v) is 4.42. The molecule has 0 amide bonds. The summed E-state index contributed by atoms with van der Waals surface area (Å²) in [7, 11) is 0. The average Bonchev–Trinajstić information content (AvgIpc) is 2.33. The van der Waals surface area contributed by atoms with E-state index in [9.17, 15) is 10.2 Å². The molecular formula is C13H7Br3ClNO2. The Morgan fingerprint density at radius 1 is 0.950 bits per heavy atom. The normalized spacial score (nSPS) is 11.2. The molecule has 0 unspecified atom stereocenters. The van der Waals surface area contributed by atoms with Gasteiger partial charge in [-0.15, -0.1) is 0 Å². The van der Waals surface area contributed by atoms with Crippen molar-refractivity contribution >= 4 is 71.3 Å². The molecule has 0 atom stereocenters. The van der Waals surface area contributed by atoms with Crippen LogP contribution in [0.2, 0.25) is 5.02 Å². The quantitative estimate of drug-likeness (QED) is 0.531. The van der Waals surface area contributed by atoms with E-state index in [-0.39, 0.29) is 11.5 Å². The van der Waals surface area contributed by atoms with Crippen LogP contribution in [-0.4, -0.2) is 16.4 Å². The van der Waals surface area contributed by atoms with Gasteiger partial charge < -0.3 is 10.2 Å². The zero-order chi connectivity index (χ0) is 14.9. The van der Waals surface area contributed by atoms with Crippen LogP contribution in [0, 0.1) is 0 Å². The second-order valence-electron chi connectivity index (χ2n) is 3.84. The second kappa shape index (κ2) is 6.47. The number of nitrogens with zero attached hydrogens (tertiary/aromatic N) is 1. The molecule has 2 N–H and O–H groups in total. The Labute approximate surface area is 145 Å². The van der Waals surface area contributed by atoms with Gasteiger partial charge in [-0.1, -0.05) is 11.6 Å². The number of phenols is 2. The smallest absolute Gasteiger partial charge is 0.138 e. The fourth-order valence-corrected chi connectivity index (χ4v) is 3.69. The zero-order valence-corrected chi connectivity index (χ0v) is 15.3. The molecular weight excluding hydrogens is 477 g/mol. The lowest BCUT2D eigenvalue weighted by molar-refractivity contribution is 0.471. The molecule has 0 aliphatic rings. The number of aliphatic imine (C=N–C) groups is 1. The van der Waals surface area contributed by atoms with Gasteiger partial charge in [0.05, 0.1) is 10.2 Å². The fraction of sp³-hybridized carbons (Fsp3) is 0. The van der Waals surface area contributed by atoms with Gasteiger partial charge in [-0.25, -0.2) is 0 Å². The predicted molar refractivity (Wildman–Crippen MR) is 91.6 cm³/mol. The van der Waals surface area contributed by atoms with Gasteiger partial charge in [-0.2, -0.15) is 0 Å². The molecule has 2 aromatic rings. The minimum atomic E-state index is 0.0594. The van der Waals surface area contributed by atoms with Crippen LogP contribution >= 0.6 is 59.4 Å². The average molecular weight is 484 g/mol. The van der Waals surface area contributed by atoms with Crippen molar-refractivity contribution in [1.29, 1.82) is 0 Å². The van der Waals surface area contributed by atoms with E-state index < -0.39 is 0 Å². The van der Waals surface area contributed by atoms with Gasteiger partial charge in [0, 0.05) is 25.7 Å². The topological polar surface area (TPSA) is 52.8 Å². The number of rotatable bonds is 2. The Kier molecular flexibility index (Phi) is 5.12. The number of hydrogen-bond acceptors (Lipinski definition) is 3. The van der Waals surface area contributed by atoms with Crippen molar-refractivity contribution in [2.24, 2.45) is 4.99 Å². The molecule has 2 aromatic carbocycles. The van der Waals surface area contributed by atoms with Crippen LogP contribution in [0.15, 0.2) is 42.7 Å². The molecule has 0 saturated heterocycles. The molecule has 3 nitrogen and oxygen atoms in total. The summed E-state index contributed by atoms with van der Waals surface area (Å²) in [6.45, 7) is 0. The van der Waals surface area contributed by atoms with Crippen LogP contribution < -0.4 is 0 Å². The van der Waals surface area contributed by atoms with Crippen LogP contribution in [0.25, 0.3) is 0 Å². The summed E-state index contributed by atoms with van der Waals surface area (Å²) in [5, 5.41) is 19.9. The maximum atomic E-state index is 9.92. The van der Waals surface area contributed by atoms with Crippen molar-refractivity contribution in [2.75, 3.05) is 0 Å². The standard InChI is InChI=1S/C13H7Br3ClNO2/c14-9-3-8(19)4-10(15)12(9)18-5-6-1-7(17)2-11(16)13(6)20/h1-5,19-20H. The van der Waals surface area contributed by atoms with Crippen molar-refractivity contribution in [1.82, 2.24) is 0 Å². The number of halogens is 4. The van der Waals surface area contributed by atoms with E-state index in [2.05, 4.69) is 52.8 Å². The molecule has 0 bridgehead atoms. The monoisotopic (exact) mass is 481 g/mol. The first-order chi connectivity index (χ1) is 9.38. The Morgan fingerprint density at radius 2 is 1.55 bits per heavy atom. The number of aromatic hydroxyl groups is 2. The molecule has 0 aliphatic heterocycles. The molecule has 104 valence electrons. The molecule has 0 radical (unpaired) electrons. The van der Waals surface area contributed by atoms with Gasteiger partial charge in [0.1, 0.15) is 11.5 Å². The van der Waals surface area contributed by atoms with E-state index >= 15 is 0 Å². The van der Waals surface area contributed by atoms with Gasteiger partial charge in [0.25, 0.3) is 0 Å². The Balaban J connectivity index is 2.45.